The zero-order chi connectivity index (χ0) is 12.0. The van der Waals surface area contributed by atoms with Crippen molar-refractivity contribution >= 4 is 26.7 Å². The van der Waals surface area contributed by atoms with E-state index in [9.17, 15) is 9.59 Å². The summed E-state index contributed by atoms with van der Waals surface area (Å²) in [5, 5.41) is 2.39. The van der Waals surface area contributed by atoms with Gasteiger partial charge in [0.1, 0.15) is 6.61 Å². The number of nitrogens with one attached hydrogen (secondary N) is 1. The molecule has 1 N–H and O–H groups in total. The summed E-state index contributed by atoms with van der Waals surface area (Å²) in [6, 6.07) is 8.72. The minimum absolute atomic E-state index is 0.190. The standard InChI is InChI=1S/C11H12BrNO3/c1-8(10(12)14)13-11(15)16-7-9-5-3-2-4-6-9/h2-6,8H,7H2,1H3,(H,13,15)/t8-/m0/s1. The number of carbonyl (C=O) groups is 2. The van der Waals surface area contributed by atoms with Crippen LogP contribution >= 0.6 is 15.9 Å². The average molecular weight is 286 g/mol. The van der Waals surface area contributed by atoms with Crippen LogP contribution in [0, 0.1) is 0 Å². The number of alkyl carbamates (subject to hydrolysis) is 1. The zero-order valence-electron chi connectivity index (χ0n) is 8.77. The molecule has 0 spiro atoms. The third-order valence-corrected chi connectivity index (χ3v) is 2.57. The summed E-state index contributed by atoms with van der Waals surface area (Å²) in [4.78, 5) is 22.0. The van der Waals surface area contributed by atoms with Gasteiger partial charge in [0.15, 0.2) is 0 Å². The SMILES string of the molecule is C[C@H](NC(=O)OCc1ccccc1)C(=O)Br. The third kappa shape index (κ3) is 4.44. The predicted octanol–water partition coefficient (Wildman–Crippen LogP) is 2.22. The van der Waals surface area contributed by atoms with E-state index in [0.29, 0.717) is 0 Å². The lowest BCUT2D eigenvalue weighted by molar-refractivity contribution is -0.111. The molecule has 4 nitrogen and oxygen atoms in total. The monoisotopic (exact) mass is 285 g/mol. The molecule has 0 saturated carbocycles. The smallest absolute Gasteiger partial charge is 0.408 e. The first-order chi connectivity index (χ1) is 7.59. The van der Waals surface area contributed by atoms with E-state index in [0.717, 1.165) is 5.56 Å². The van der Waals surface area contributed by atoms with Crippen molar-refractivity contribution in [2.45, 2.75) is 19.6 Å². The van der Waals surface area contributed by atoms with Crippen molar-refractivity contribution in [2.24, 2.45) is 0 Å². The molecule has 0 saturated heterocycles. The van der Waals surface area contributed by atoms with Gasteiger partial charge in [0, 0.05) is 0 Å². The van der Waals surface area contributed by atoms with E-state index in [1.165, 1.54) is 0 Å². The fourth-order valence-electron chi connectivity index (χ4n) is 0.998. The van der Waals surface area contributed by atoms with Gasteiger partial charge in [0.05, 0.1) is 6.04 Å². The molecule has 5 heteroatoms. The van der Waals surface area contributed by atoms with Gasteiger partial charge < -0.3 is 10.1 Å². The summed E-state index contributed by atoms with van der Waals surface area (Å²) in [5.41, 5.74) is 0.899. The second-order valence-corrected chi connectivity index (χ2v) is 4.01. The maximum Gasteiger partial charge on any atom is 0.408 e. The fourth-order valence-corrected chi connectivity index (χ4v) is 1.11. The molecule has 86 valence electrons. The number of halogens is 1. The van der Waals surface area contributed by atoms with Crippen LogP contribution in [0.25, 0.3) is 0 Å². The molecule has 0 heterocycles. The van der Waals surface area contributed by atoms with Gasteiger partial charge in [-0.25, -0.2) is 4.79 Å². The molecule has 1 aromatic carbocycles. The maximum atomic E-state index is 11.2. The molecule has 0 unspecified atom stereocenters. The normalized spacial score (nSPS) is 11.6. The molecule has 1 aromatic rings. The Morgan fingerprint density at radius 2 is 2.00 bits per heavy atom. The molecule has 1 rings (SSSR count). The Hall–Kier alpha value is -1.36. The third-order valence-electron chi connectivity index (χ3n) is 1.89. The van der Waals surface area contributed by atoms with E-state index in [-0.39, 0.29) is 11.3 Å². The highest BCUT2D eigenvalue weighted by atomic mass is 79.9. The molecule has 1 atom stereocenters. The van der Waals surface area contributed by atoms with Crippen LogP contribution < -0.4 is 5.32 Å². The minimum Gasteiger partial charge on any atom is -0.445 e. The first kappa shape index (κ1) is 12.7. The van der Waals surface area contributed by atoms with Crippen LogP contribution in [0.1, 0.15) is 12.5 Å². The van der Waals surface area contributed by atoms with Gasteiger partial charge >= 0.3 is 6.09 Å². The van der Waals surface area contributed by atoms with E-state index in [4.69, 9.17) is 4.74 Å². The molecular weight excluding hydrogens is 274 g/mol. The number of hydrogen-bond acceptors (Lipinski definition) is 3. The van der Waals surface area contributed by atoms with Crippen molar-refractivity contribution in [3.8, 4) is 0 Å². The topological polar surface area (TPSA) is 55.4 Å². The van der Waals surface area contributed by atoms with Crippen LogP contribution in [0.2, 0.25) is 0 Å². The molecule has 0 bridgehead atoms. The molecule has 0 aliphatic heterocycles. The Labute approximate surface area is 102 Å². The molecule has 1 amide bonds. The van der Waals surface area contributed by atoms with Gasteiger partial charge in [0.25, 0.3) is 0 Å². The van der Waals surface area contributed by atoms with Crippen molar-refractivity contribution in [3.05, 3.63) is 35.9 Å². The van der Waals surface area contributed by atoms with Crippen molar-refractivity contribution in [1.82, 2.24) is 5.32 Å². The summed E-state index contributed by atoms with van der Waals surface area (Å²) in [6.07, 6.45) is -0.607. The highest BCUT2D eigenvalue weighted by Crippen LogP contribution is 2.01. The van der Waals surface area contributed by atoms with Gasteiger partial charge in [-0.1, -0.05) is 30.3 Å². The second-order valence-electron chi connectivity index (χ2n) is 3.23. The van der Waals surface area contributed by atoms with E-state index < -0.39 is 12.1 Å². The fraction of sp³-hybridized carbons (Fsp3) is 0.273. The van der Waals surface area contributed by atoms with Crippen molar-refractivity contribution < 1.29 is 14.3 Å². The van der Waals surface area contributed by atoms with E-state index >= 15 is 0 Å². The first-order valence-electron chi connectivity index (χ1n) is 4.76. The van der Waals surface area contributed by atoms with Gasteiger partial charge in [-0.2, -0.15) is 0 Å². The predicted molar refractivity (Wildman–Crippen MR) is 63.2 cm³/mol. The van der Waals surface area contributed by atoms with E-state index in [1.54, 1.807) is 6.92 Å². The number of benzene rings is 1. The zero-order valence-corrected chi connectivity index (χ0v) is 10.4. The van der Waals surface area contributed by atoms with Gasteiger partial charge in [0.2, 0.25) is 4.69 Å². The van der Waals surface area contributed by atoms with Crippen LogP contribution in [0.4, 0.5) is 4.79 Å². The van der Waals surface area contributed by atoms with Crippen LogP contribution in [0.3, 0.4) is 0 Å². The number of amides is 1. The summed E-state index contributed by atoms with van der Waals surface area (Å²) < 4.78 is 4.64. The summed E-state index contributed by atoms with van der Waals surface area (Å²) in [7, 11) is 0. The summed E-state index contributed by atoms with van der Waals surface area (Å²) in [5.74, 6) is 0. The lowest BCUT2D eigenvalue weighted by atomic mass is 10.2. The Kier molecular flexibility index (Phi) is 4.98. The second kappa shape index (κ2) is 6.27. The molecule has 0 fully saturated rings. The average Bonchev–Trinajstić information content (AvgIpc) is 2.27. The van der Waals surface area contributed by atoms with Gasteiger partial charge in [-0.15, -0.1) is 0 Å². The van der Waals surface area contributed by atoms with Crippen LogP contribution in [-0.2, 0) is 16.1 Å². The Morgan fingerprint density at radius 3 is 2.56 bits per heavy atom. The van der Waals surface area contributed by atoms with E-state index in [1.807, 2.05) is 30.3 Å². The molecule has 0 aliphatic carbocycles. The van der Waals surface area contributed by atoms with Gasteiger partial charge in [-0.05, 0) is 28.4 Å². The highest BCUT2D eigenvalue weighted by Gasteiger charge is 2.13. The lowest BCUT2D eigenvalue weighted by Crippen LogP contribution is -2.36. The quantitative estimate of drug-likeness (QED) is 0.863. The molecule has 16 heavy (non-hydrogen) atoms. The maximum absolute atomic E-state index is 11.2. The van der Waals surface area contributed by atoms with Crippen molar-refractivity contribution in [3.63, 3.8) is 0 Å². The van der Waals surface area contributed by atoms with Crippen molar-refractivity contribution in [1.29, 1.82) is 0 Å². The number of rotatable bonds is 4. The molecule has 0 aliphatic rings. The number of ether oxygens (including phenoxy) is 1. The van der Waals surface area contributed by atoms with Crippen molar-refractivity contribution in [2.75, 3.05) is 0 Å². The van der Waals surface area contributed by atoms with Crippen LogP contribution in [-0.4, -0.2) is 16.8 Å². The van der Waals surface area contributed by atoms with Crippen LogP contribution in [0.5, 0.6) is 0 Å². The van der Waals surface area contributed by atoms with E-state index in [2.05, 4.69) is 21.2 Å². The Bertz CT molecular complexity index is 367. The highest BCUT2D eigenvalue weighted by molar-refractivity contribution is 9.18. The van der Waals surface area contributed by atoms with Crippen LogP contribution in [0.15, 0.2) is 30.3 Å². The number of hydrogen-bond donors (Lipinski definition) is 1. The molecule has 0 radical (unpaired) electrons. The first-order valence-corrected chi connectivity index (χ1v) is 5.55. The number of carbonyl (C=O) groups excluding carboxylic acids is 2. The molecule has 0 aromatic heterocycles. The summed E-state index contributed by atoms with van der Waals surface area (Å²) in [6.45, 7) is 1.76. The van der Waals surface area contributed by atoms with Gasteiger partial charge in [-0.3, -0.25) is 4.79 Å². The Morgan fingerprint density at radius 1 is 1.38 bits per heavy atom. The largest absolute Gasteiger partial charge is 0.445 e. The summed E-state index contributed by atoms with van der Waals surface area (Å²) >= 11 is 2.76. The Balaban J connectivity index is 2.33. The molecular formula is C11H12BrNO3. The minimum atomic E-state index is -0.607. The lowest BCUT2D eigenvalue weighted by Gasteiger charge is -2.10.